The first-order valence-corrected chi connectivity index (χ1v) is 8.63. The number of nitrogens with one attached hydrogen (secondary N) is 1. The fourth-order valence-electron chi connectivity index (χ4n) is 4.20. The van der Waals surface area contributed by atoms with Crippen molar-refractivity contribution in [2.45, 2.75) is 76.8 Å². The Morgan fingerprint density at radius 2 is 1.74 bits per heavy atom. The molecule has 0 aromatic carbocycles. The van der Waals surface area contributed by atoms with E-state index in [-0.39, 0.29) is 0 Å². The predicted molar refractivity (Wildman–Crippen MR) is 81.4 cm³/mol. The fraction of sp³-hybridized carbons (Fsp3) is 1.00. The van der Waals surface area contributed by atoms with Gasteiger partial charge in [0.2, 0.25) is 0 Å². The van der Waals surface area contributed by atoms with Crippen LogP contribution in [-0.2, 0) is 0 Å². The number of hydrogen-bond donors (Lipinski definition) is 1. The Balaban J connectivity index is 1.59. The summed E-state index contributed by atoms with van der Waals surface area (Å²) in [5.74, 6) is 1.96. The van der Waals surface area contributed by atoms with Crippen LogP contribution < -0.4 is 5.32 Å². The van der Waals surface area contributed by atoms with Gasteiger partial charge in [0.05, 0.1) is 0 Å². The summed E-state index contributed by atoms with van der Waals surface area (Å²) in [6.45, 7) is 8.69. The molecule has 2 heteroatoms. The van der Waals surface area contributed by atoms with E-state index in [0.29, 0.717) is 5.54 Å². The van der Waals surface area contributed by atoms with E-state index in [1.165, 1.54) is 71.0 Å². The summed E-state index contributed by atoms with van der Waals surface area (Å²) >= 11 is 0. The molecule has 2 saturated carbocycles. The molecule has 1 unspecified atom stereocenters. The van der Waals surface area contributed by atoms with E-state index in [9.17, 15) is 0 Å². The van der Waals surface area contributed by atoms with Crippen molar-refractivity contribution in [2.75, 3.05) is 19.6 Å². The molecule has 3 fully saturated rings. The Hall–Kier alpha value is -0.0800. The molecule has 0 spiro atoms. The fourth-order valence-corrected chi connectivity index (χ4v) is 4.20. The predicted octanol–water partition coefficient (Wildman–Crippen LogP) is 3.42. The lowest BCUT2D eigenvalue weighted by Gasteiger charge is -2.50. The number of nitrogens with zero attached hydrogens (tertiary/aromatic N) is 1. The van der Waals surface area contributed by atoms with E-state index in [1.54, 1.807) is 0 Å². The van der Waals surface area contributed by atoms with Gasteiger partial charge in [-0.3, -0.25) is 4.90 Å². The Morgan fingerprint density at radius 3 is 2.37 bits per heavy atom. The number of rotatable bonds is 3. The molecule has 1 atom stereocenters. The van der Waals surface area contributed by atoms with Gasteiger partial charge in [0, 0.05) is 31.2 Å². The molecule has 1 heterocycles. The molecule has 2 aliphatic carbocycles. The van der Waals surface area contributed by atoms with Crippen molar-refractivity contribution in [2.24, 2.45) is 11.8 Å². The number of hydrogen-bond acceptors (Lipinski definition) is 2. The molecule has 0 radical (unpaired) electrons. The Bertz CT molecular complexity index is 290. The van der Waals surface area contributed by atoms with Crippen molar-refractivity contribution < 1.29 is 0 Å². The monoisotopic (exact) mass is 264 g/mol. The molecular weight excluding hydrogens is 232 g/mol. The van der Waals surface area contributed by atoms with Crippen LogP contribution in [-0.4, -0.2) is 36.1 Å². The second-order valence-electron chi connectivity index (χ2n) is 7.90. The molecular formula is C17H32N2. The molecule has 1 N–H and O–H groups in total. The van der Waals surface area contributed by atoms with Gasteiger partial charge in [0.15, 0.2) is 0 Å². The lowest BCUT2D eigenvalue weighted by molar-refractivity contribution is 0.0204. The first-order valence-electron chi connectivity index (χ1n) is 8.63. The average Bonchev–Trinajstić information content (AvgIpc) is 2.36. The maximum atomic E-state index is 3.88. The number of piperazine rings is 1. The third-order valence-electron chi connectivity index (χ3n) is 5.99. The zero-order valence-electron chi connectivity index (χ0n) is 13.0. The molecule has 0 aromatic heterocycles. The van der Waals surface area contributed by atoms with Crippen LogP contribution in [0.25, 0.3) is 0 Å². The van der Waals surface area contributed by atoms with E-state index in [0.717, 1.165) is 17.9 Å². The van der Waals surface area contributed by atoms with Crippen LogP contribution in [0.4, 0.5) is 0 Å². The Labute approximate surface area is 119 Å². The van der Waals surface area contributed by atoms with Crippen molar-refractivity contribution in [3.63, 3.8) is 0 Å². The highest BCUT2D eigenvalue weighted by atomic mass is 15.3. The SMILES string of the molecule is CC1(C)CNC(C2CCCCC2)CN1CC1CCC1. The molecule has 3 rings (SSSR count). The van der Waals surface area contributed by atoms with E-state index in [4.69, 9.17) is 0 Å². The van der Waals surface area contributed by atoms with Crippen molar-refractivity contribution in [3.05, 3.63) is 0 Å². The van der Waals surface area contributed by atoms with Gasteiger partial charge in [-0.15, -0.1) is 0 Å². The molecule has 0 aromatic rings. The van der Waals surface area contributed by atoms with Gasteiger partial charge in [-0.05, 0) is 51.4 Å². The topological polar surface area (TPSA) is 15.3 Å². The van der Waals surface area contributed by atoms with Gasteiger partial charge in [-0.2, -0.15) is 0 Å². The van der Waals surface area contributed by atoms with Gasteiger partial charge in [-0.25, -0.2) is 0 Å². The molecule has 0 amide bonds. The van der Waals surface area contributed by atoms with Crippen molar-refractivity contribution in [3.8, 4) is 0 Å². The summed E-state index contributed by atoms with van der Waals surface area (Å²) in [5, 5.41) is 3.88. The molecule has 1 saturated heterocycles. The van der Waals surface area contributed by atoms with Gasteiger partial charge >= 0.3 is 0 Å². The van der Waals surface area contributed by atoms with Crippen LogP contribution in [0.1, 0.15) is 65.2 Å². The maximum absolute atomic E-state index is 3.88. The molecule has 1 aliphatic heterocycles. The molecule has 3 aliphatic rings. The van der Waals surface area contributed by atoms with Crippen LogP contribution in [0.3, 0.4) is 0 Å². The summed E-state index contributed by atoms with van der Waals surface area (Å²) in [4.78, 5) is 2.81. The van der Waals surface area contributed by atoms with Crippen LogP contribution in [0, 0.1) is 11.8 Å². The summed E-state index contributed by atoms with van der Waals surface area (Å²) in [6.07, 6.45) is 11.8. The van der Waals surface area contributed by atoms with Crippen LogP contribution >= 0.6 is 0 Å². The Morgan fingerprint density at radius 1 is 1.00 bits per heavy atom. The highest BCUT2D eigenvalue weighted by molar-refractivity contribution is 4.96. The van der Waals surface area contributed by atoms with Gasteiger partial charge in [-0.1, -0.05) is 25.7 Å². The standard InChI is InChI=1S/C17H32N2/c1-17(2)13-18-16(15-9-4-3-5-10-15)12-19(17)11-14-7-6-8-14/h14-16,18H,3-13H2,1-2H3. The minimum atomic E-state index is 0.362. The third kappa shape index (κ3) is 3.16. The smallest absolute Gasteiger partial charge is 0.0278 e. The second kappa shape index (κ2) is 5.73. The summed E-state index contributed by atoms with van der Waals surface area (Å²) in [5.41, 5.74) is 0.362. The quantitative estimate of drug-likeness (QED) is 0.840. The van der Waals surface area contributed by atoms with E-state index in [1.807, 2.05) is 0 Å². The Kier molecular flexibility index (Phi) is 4.19. The normalized spacial score (nSPS) is 34.1. The zero-order chi connectivity index (χ0) is 13.3. The first kappa shape index (κ1) is 13.9. The molecule has 0 bridgehead atoms. The third-order valence-corrected chi connectivity index (χ3v) is 5.99. The summed E-state index contributed by atoms with van der Waals surface area (Å²) in [7, 11) is 0. The lowest BCUT2D eigenvalue weighted by Crippen LogP contribution is -2.64. The summed E-state index contributed by atoms with van der Waals surface area (Å²) in [6, 6.07) is 0.772. The summed E-state index contributed by atoms with van der Waals surface area (Å²) < 4.78 is 0. The van der Waals surface area contributed by atoms with E-state index >= 15 is 0 Å². The van der Waals surface area contributed by atoms with Crippen molar-refractivity contribution in [1.29, 1.82) is 0 Å². The first-order chi connectivity index (χ1) is 9.15. The molecule has 19 heavy (non-hydrogen) atoms. The van der Waals surface area contributed by atoms with Gasteiger partial charge in [0.25, 0.3) is 0 Å². The maximum Gasteiger partial charge on any atom is 0.0278 e. The molecule has 110 valence electrons. The zero-order valence-corrected chi connectivity index (χ0v) is 13.0. The lowest BCUT2D eigenvalue weighted by atomic mass is 9.80. The largest absolute Gasteiger partial charge is 0.311 e. The highest BCUT2D eigenvalue weighted by Crippen LogP contribution is 2.33. The van der Waals surface area contributed by atoms with E-state index < -0.39 is 0 Å². The van der Waals surface area contributed by atoms with Gasteiger partial charge in [0.1, 0.15) is 0 Å². The van der Waals surface area contributed by atoms with E-state index in [2.05, 4.69) is 24.1 Å². The minimum absolute atomic E-state index is 0.362. The van der Waals surface area contributed by atoms with Crippen molar-refractivity contribution in [1.82, 2.24) is 10.2 Å². The van der Waals surface area contributed by atoms with Gasteiger partial charge < -0.3 is 5.32 Å². The van der Waals surface area contributed by atoms with Crippen LogP contribution in [0.15, 0.2) is 0 Å². The van der Waals surface area contributed by atoms with Crippen LogP contribution in [0.5, 0.6) is 0 Å². The van der Waals surface area contributed by atoms with Crippen molar-refractivity contribution >= 4 is 0 Å². The highest BCUT2D eigenvalue weighted by Gasteiger charge is 2.38. The van der Waals surface area contributed by atoms with Crippen LogP contribution in [0.2, 0.25) is 0 Å². The average molecular weight is 264 g/mol. The second-order valence-corrected chi connectivity index (χ2v) is 7.90. The minimum Gasteiger partial charge on any atom is -0.311 e. The molecule has 2 nitrogen and oxygen atoms in total.